The number of nitrogens with zero attached hydrogens (tertiary/aromatic N) is 2. The Morgan fingerprint density at radius 3 is 2.57 bits per heavy atom. The molecule has 0 fully saturated rings. The summed E-state index contributed by atoms with van der Waals surface area (Å²) >= 11 is 3.39. The first kappa shape index (κ1) is 18.5. The molecule has 4 rings (SSSR count). The van der Waals surface area contributed by atoms with Gasteiger partial charge >= 0.3 is 0 Å². The van der Waals surface area contributed by atoms with E-state index in [1.165, 1.54) is 0 Å². The third-order valence-corrected chi connectivity index (χ3v) is 5.20. The Hall–Kier alpha value is -2.86. The molecule has 28 heavy (non-hydrogen) atoms. The van der Waals surface area contributed by atoms with Crippen LogP contribution in [0.25, 0.3) is 0 Å². The maximum Gasteiger partial charge on any atom is 0.259 e. The summed E-state index contributed by atoms with van der Waals surface area (Å²) < 4.78 is 12.0. The minimum Gasteiger partial charge on any atom is -0.497 e. The average Bonchev–Trinajstić information content (AvgIpc) is 2.74. The first-order valence-electron chi connectivity index (χ1n) is 9.02. The van der Waals surface area contributed by atoms with Crippen LogP contribution in [0.2, 0.25) is 0 Å². The molecule has 0 saturated heterocycles. The van der Waals surface area contributed by atoms with Crippen LogP contribution in [0.15, 0.2) is 65.3 Å². The van der Waals surface area contributed by atoms with Gasteiger partial charge in [0.2, 0.25) is 5.88 Å². The summed E-state index contributed by atoms with van der Waals surface area (Å²) in [4.78, 5) is 19.1. The first-order valence-corrected chi connectivity index (χ1v) is 9.81. The van der Waals surface area contributed by atoms with Crippen molar-refractivity contribution in [3.8, 4) is 17.4 Å². The standard InChI is InChI=1S/C22H19BrN2O3/c1-27-19-9-10-20-15(13-19)3-2-12-25(20)22(26)16-4-11-21(24-14-16)28-18-7-5-17(23)6-8-18/h4-11,13-14H,2-3,12H2,1H3. The smallest absolute Gasteiger partial charge is 0.259 e. The van der Waals surface area contributed by atoms with Gasteiger partial charge in [-0.05, 0) is 66.9 Å². The van der Waals surface area contributed by atoms with Crippen molar-refractivity contribution in [3.63, 3.8) is 0 Å². The first-order chi connectivity index (χ1) is 13.6. The highest BCUT2D eigenvalue weighted by atomic mass is 79.9. The van der Waals surface area contributed by atoms with Gasteiger partial charge in [0.1, 0.15) is 11.5 Å². The molecule has 6 heteroatoms. The highest BCUT2D eigenvalue weighted by molar-refractivity contribution is 9.10. The Labute approximate surface area is 172 Å². The van der Waals surface area contributed by atoms with Crippen LogP contribution in [0.5, 0.6) is 17.4 Å². The number of carbonyl (C=O) groups is 1. The quantitative estimate of drug-likeness (QED) is 0.558. The molecular weight excluding hydrogens is 420 g/mol. The molecule has 2 aromatic carbocycles. The van der Waals surface area contributed by atoms with E-state index in [-0.39, 0.29) is 5.91 Å². The fourth-order valence-corrected chi connectivity index (χ4v) is 3.52. The number of hydrogen-bond donors (Lipinski definition) is 0. The number of benzene rings is 2. The SMILES string of the molecule is COc1ccc2c(c1)CCCN2C(=O)c1ccc(Oc2ccc(Br)cc2)nc1. The molecule has 1 aliphatic rings. The summed E-state index contributed by atoms with van der Waals surface area (Å²) in [5, 5.41) is 0. The number of rotatable bonds is 4. The molecule has 0 spiro atoms. The van der Waals surface area contributed by atoms with Crippen LogP contribution in [-0.4, -0.2) is 24.5 Å². The summed E-state index contributed by atoms with van der Waals surface area (Å²) in [5.74, 6) is 1.88. The van der Waals surface area contributed by atoms with Crippen molar-refractivity contribution in [2.45, 2.75) is 12.8 Å². The summed E-state index contributed by atoms with van der Waals surface area (Å²) in [5.41, 5.74) is 2.60. The van der Waals surface area contributed by atoms with Crippen molar-refractivity contribution < 1.29 is 14.3 Å². The molecule has 142 valence electrons. The van der Waals surface area contributed by atoms with Gasteiger partial charge in [0.05, 0.1) is 12.7 Å². The van der Waals surface area contributed by atoms with E-state index in [4.69, 9.17) is 9.47 Å². The molecule has 5 nitrogen and oxygen atoms in total. The number of methoxy groups -OCH3 is 1. The lowest BCUT2D eigenvalue weighted by molar-refractivity contribution is 0.0984. The molecule has 0 radical (unpaired) electrons. The van der Waals surface area contributed by atoms with Crippen molar-refractivity contribution in [2.75, 3.05) is 18.6 Å². The van der Waals surface area contributed by atoms with Crippen LogP contribution in [0, 0.1) is 0 Å². The molecule has 0 saturated carbocycles. The number of ether oxygens (including phenoxy) is 2. The van der Waals surface area contributed by atoms with Crippen molar-refractivity contribution in [3.05, 3.63) is 76.4 Å². The molecule has 2 heterocycles. The van der Waals surface area contributed by atoms with Crippen molar-refractivity contribution in [2.24, 2.45) is 0 Å². The van der Waals surface area contributed by atoms with Crippen LogP contribution in [-0.2, 0) is 6.42 Å². The lowest BCUT2D eigenvalue weighted by atomic mass is 10.0. The van der Waals surface area contributed by atoms with Gasteiger partial charge in [0.25, 0.3) is 5.91 Å². The lowest BCUT2D eigenvalue weighted by Gasteiger charge is -2.29. The number of aryl methyl sites for hydroxylation is 1. The van der Waals surface area contributed by atoms with E-state index in [9.17, 15) is 4.79 Å². The molecule has 0 aliphatic carbocycles. The summed E-state index contributed by atoms with van der Waals surface area (Å²) in [6, 6.07) is 16.8. The van der Waals surface area contributed by atoms with Gasteiger partial charge in [0.15, 0.2) is 0 Å². The normalized spacial score (nSPS) is 13.0. The van der Waals surface area contributed by atoms with E-state index in [0.717, 1.165) is 34.3 Å². The zero-order chi connectivity index (χ0) is 19.5. The Morgan fingerprint density at radius 1 is 1.07 bits per heavy atom. The second-order valence-corrected chi connectivity index (χ2v) is 7.41. The number of carbonyl (C=O) groups excluding carboxylic acids is 1. The summed E-state index contributed by atoms with van der Waals surface area (Å²) in [6.45, 7) is 0.690. The largest absolute Gasteiger partial charge is 0.497 e. The van der Waals surface area contributed by atoms with E-state index < -0.39 is 0 Å². The van der Waals surface area contributed by atoms with Gasteiger partial charge in [-0.2, -0.15) is 0 Å². The van der Waals surface area contributed by atoms with Crippen LogP contribution < -0.4 is 14.4 Å². The number of hydrogen-bond acceptors (Lipinski definition) is 4. The monoisotopic (exact) mass is 438 g/mol. The molecule has 0 unspecified atom stereocenters. The predicted octanol–water partition coefficient (Wildman–Crippen LogP) is 5.24. The molecule has 1 amide bonds. The highest BCUT2D eigenvalue weighted by Crippen LogP contribution is 2.31. The Morgan fingerprint density at radius 2 is 1.86 bits per heavy atom. The Bertz CT molecular complexity index is 988. The van der Waals surface area contributed by atoms with Gasteiger partial charge in [-0.25, -0.2) is 4.98 Å². The number of halogens is 1. The average molecular weight is 439 g/mol. The predicted molar refractivity (Wildman–Crippen MR) is 111 cm³/mol. The van der Waals surface area contributed by atoms with Crippen molar-refractivity contribution in [1.29, 1.82) is 0 Å². The fraction of sp³-hybridized carbons (Fsp3) is 0.182. The van der Waals surface area contributed by atoms with Gasteiger partial charge < -0.3 is 14.4 Å². The van der Waals surface area contributed by atoms with Gasteiger partial charge in [0, 0.05) is 29.0 Å². The van der Waals surface area contributed by atoms with Crippen molar-refractivity contribution in [1.82, 2.24) is 4.98 Å². The second kappa shape index (κ2) is 8.02. The number of amides is 1. The van der Waals surface area contributed by atoms with Gasteiger partial charge in [-0.3, -0.25) is 4.79 Å². The zero-order valence-electron chi connectivity index (χ0n) is 15.4. The number of pyridine rings is 1. The third-order valence-electron chi connectivity index (χ3n) is 4.67. The third kappa shape index (κ3) is 3.87. The molecule has 3 aromatic rings. The number of fused-ring (bicyclic) bond motifs is 1. The molecule has 1 aliphatic heterocycles. The molecule has 0 N–H and O–H groups in total. The molecule has 0 atom stereocenters. The van der Waals surface area contributed by atoms with Crippen molar-refractivity contribution >= 4 is 27.5 Å². The van der Waals surface area contributed by atoms with Crippen LogP contribution in [0.1, 0.15) is 22.3 Å². The Kier molecular flexibility index (Phi) is 5.30. The highest BCUT2D eigenvalue weighted by Gasteiger charge is 2.24. The topological polar surface area (TPSA) is 51.7 Å². The van der Waals surface area contributed by atoms with E-state index in [1.54, 1.807) is 25.4 Å². The number of aromatic nitrogens is 1. The maximum atomic E-state index is 13.0. The summed E-state index contributed by atoms with van der Waals surface area (Å²) in [6.07, 6.45) is 3.42. The van der Waals surface area contributed by atoms with Crippen LogP contribution in [0.4, 0.5) is 5.69 Å². The zero-order valence-corrected chi connectivity index (χ0v) is 17.0. The van der Waals surface area contributed by atoms with E-state index in [2.05, 4.69) is 20.9 Å². The minimum absolute atomic E-state index is 0.0613. The second-order valence-electron chi connectivity index (χ2n) is 6.50. The Balaban J connectivity index is 1.52. The van der Waals surface area contributed by atoms with Crippen LogP contribution in [0.3, 0.4) is 0 Å². The van der Waals surface area contributed by atoms with E-state index in [1.807, 2.05) is 47.4 Å². The molecular formula is C22H19BrN2O3. The van der Waals surface area contributed by atoms with Crippen LogP contribution >= 0.6 is 15.9 Å². The fourth-order valence-electron chi connectivity index (χ4n) is 3.26. The molecule has 0 bridgehead atoms. The van der Waals surface area contributed by atoms with E-state index >= 15 is 0 Å². The van der Waals surface area contributed by atoms with Gasteiger partial charge in [-0.1, -0.05) is 15.9 Å². The van der Waals surface area contributed by atoms with E-state index in [0.29, 0.717) is 23.7 Å². The maximum absolute atomic E-state index is 13.0. The summed E-state index contributed by atoms with van der Waals surface area (Å²) in [7, 11) is 1.65. The molecule has 1 aromatic heterocycles. The lowest BCUT2D eigenvalue weighted by Crippen LogP contribution is -2.35. The number of anilines is 1. The van der Waals surface area contributed by atoms with Gasteiger partial charge in [-0.15, -0.1) is 0 Å². The minimum atomic E-state index is -0.0613.